The predicted octanol–water partition coefficient (Wildman–Crippen LogP) is 10.7. The molecule has 0 bridgehead atoms. The van der Waals surface area contributed by atoms with Crippen LogP contribution in [0.1, 0.15) is 0 Å². The van der Waals surface area contributed by atoms with Crippen LogP contribution in [0.2, 0.25) is 0 Å². The molecule has 0 saturated heterocycles. The van der Waals surface area contributed by atoms with Gasteiger partial charge in [-0.1, -0.05) is 103 Å². The van der Waals surface area contributed by atoms with Gasteiger partial charge in [0.05, 0.1) is 0 Å². The number of rotatable bonds is 5. The highest BCUT2D eigenvalue weighted by molar-refractivity contribution is 7.25. The Morgan fingerprint density at radius 2 is 0.891 bits per heavy atom. The number of oxazole rings is 1. The van der Waals surface area contributed by atoms with Crippen molar-refractivity contribution < 1.29 is 4.42 Å². The molecule has 0 aliphatic rings. The van der Waals surface area contributed by atoms with E-state index < -0.39 is 0 Å². The molecule has 0 unspecified atom stereocenters. The molecule has 3 heterocycles. The summed E-state index contributed by atoms with van der Waals surface area (Å²) < 4.78 is 8.57. The van der Waals surface area contributed by atoms with E-state index >= 15 is 0 Å². The first-order valence-corrected chi connectivity index (χ1v) is 15.9. The van der Waals surface area contributed by atoms with Crippen molar-refractivity contribution in [1.82, 2.24) is 19.9 Å². The molecule has 6 aromatic carbocycles. The molecule has 0 spiro atoms. The highest BCUT2D eigenvalue weighted by atomic mass is 32.1. The second-order valence-electron chi connectivity index (χ2n) is 11.1. The molecule has 0 N–H and O–H groups in total. The van der Waals surface area contributed by atoms with Gasteiger partial charge in [0, 0.05) is 42.4 Å². The number of thiophene rings is 1. The van der Waals surface area contributed by atoms with Gasteiger partial charge in [-0.15, -0.1) is 11.3 Å². The number of fused-ring (bicyclic) bond motifs is 4. The summed E-state index contributed by atoms with van der Waals surface area (Å²) in [7, 11) is 0. The van der Waals surface area contributed by atoms with Crippen LogP contribution in [0.5, 0.6) is 0 Å². The van der Waals surface area contributed by atoms with Crippen LogP contribution in [0.3, 0.4) is 0 Å². The molecule has 3 aromatic heterocycles. The van der Waals surface area contributed by atoms with Crippen LogP contribution < -0.4 is 0 Å². The maximum absolute atomic E-state index is 6.22. The normalized spacial score (nSPS) is 11.5. The maximum Gasteiger partial charge on any atom is 0.227 e. The first-order valence-electron chi connectivity index (χ1n) is 15.1. The first-order chi connectivity index (χ1) is 22.7. The van der Waals surface area contributed by atoms with Crippen LogP contribution in [0, 0.1) is 0 Å². The van der Waals surface area contributed by atoms with Crippen LogP contribution in [0.4, 0.5) is 0 Å². The predicted molar refractivity (Wildman–Crippen MR) is 187 cm³/mol. The summed E-state index contributed by atoms with van der Waals surface area (Å²) in [6, 6.07) is 49.5. The van der Waals surface area contributed by atoms with E-state index in [1.807, 2.05) is 66.7 Å². The summed E-state index contributed by atoms with van der Waals surface area (Å²) in [6.07, 6.45) is 0. The van der Waals surface area contributed by atoms with Crippen LogP contribution in [-0.2, 0) is 0 Å². The van der Waals surface area contributed by atoms with E-state index in [-0.39, 0.29) is 0 Å². The number of nitrogens with zero attached hydrogens (tertiary/aromatic N) is 4. The van der Waals surface area contributed by atoms with Gasteiger partial charge in [0.15, 0.2) is 23.1 Å². The van der Waals surface area contributed by atoms with Crippen LogP contribution in [-0.4, -0.2) is 19.9 Å². The summed E-state index contributed by atoms with van der Waals surface area (Å²) in [5.74, 6) is 2.53. The summed E-state index contributed by atoms with van der Waals surface area (Å²) >= 11 is 1.75. The number of aromatic nitrogens is 4. The number of benzene rings is 6. The zero-order valence-corrected chi connectivity index (χ0v) is 25.3. The Hall–Kier alpha value is -5.98. The Morgan fingerprint density at radius 3 is 1.57 bits per heavy atom. The molecular weight excluding hydrogens is 585 g/mol. The van der Waals surface area contributed by atoms with Gasteiger partial charge in [-0.25, -0.2) is 19.9 Å². The van der Waals surface area contributed by atoms with Crippen LogP contribution in [0.25, 0.3) is 88.0 Å². The standard InChI is InChI=1S/C40H24N4OS/c1-4-10-25(11-5-1)26-16-18-28(19-17-26)38-42-37(27-12-6-2-7-13-27)43-39(44-38)30-20-21-35-31(22-30)32-23-34-33(24-36(32)46-35)41-40(45-34)29-14-8-3-9-15-29/h1-24H. The third-order valence-electron chi connectivity index (χ3n) is 8.18. The Balaban J connectivity index is 1.16. The van der Waals surface area contributed by atoms with Gasteiger partial charge < -0.3 is 4.42 Å². The monoisotopic (exact) mass is 608 g/mol. The number of hydrogen-bond acceptors (Lipinski definition) is 6. The van der Waals surface area contributed by atoms with Gasteiger partial charge in [-0.3, -0.25) is 0 Å². The van der Waals surface area contributed by atoms with Crippen molar-refractivity contribution in [3.63, 3.8) is 0 Å². The molecule has 0 atom stereocenters. The molecule has 0 aliphatic heterocycles. The van der Waals surface area contributed by atoms with E-state index in [9.17, 15) is 0 Å². The van der Waals surface area contributed by atoms with Gasteiger partial charge in [-0.2, -0.15) is 0 Å². The molecule has 6 heteroatoms. The zero-order chi connectivity index (χ0) is 30.5. The second kappa shape index (κ2) is 10.9. The Labute approximate surface area is 268 Å². The molecule has 0 fully saturated rings. The molecule has 0 saturated carbocycles. The van der Waals surface area contributed by atoms with E-state index in [0.717, 1.165) is 54.4 Å². The zero-order valence-electron chi connectivity index (χ0n) is 24.5. The molecule has 0 aliphatic carbocycles. The van der Waals surface area contributed by atoms with Crippen molar-refractivity contribution in [3.8, 4) is 56.7 Å². The van der Waals surface area contributed by atoms with Crippen molar-refractivity contribution in [3.05, 3.63) is 146 Å². The third-order valence-corrected chi connectivity index (χ3v) is 9.31. The lowest BCUT2D eigenvalue weighted by Gasteiger charge is -2.09. The second-order valence-corrected chi connectivity index (χ2v) is 12.2. The van der Waals surface area contributed by atoms with E-state index in [1.165, 1.54) is 10.3 Å². The van der Waals surface area contributed by atoms with Gasteiger partial charge in [-0.05, 0) is 53.6 Å². The topological polar surface area (TPSA) is 64.7 Å². The molecule has 216 valence electrons. The summed E-state index contributed by atoms with van der Waals surface area (Å²) in [4.78, 5) is 19.7. The molecule has 9 rings (SSSR count). The van der Waals surface area contributed by atoms with Crippen molar-refractivity contribution in [1.29, 1.82) is 0 Å². The smallest absolute Gasteiger partial charge is 0.227 e. The highest BCUT2D eigenvalue weighted by Gasteiger charge is 2.16. The maximum atomic E-state index is 6.22. The van der Waals surface area contributed by atoms with Crippen molar-refractivity contribution in [2.24, 2.45) is 0 Å². The van der Waals surface area contributed by atoms with E-state index in [4.69, 9.17) is 24.4 Å². The third kappa shape index (κ3) is 4.72. The molecular formula is C40H24N4OS. The molecule has 9 aromatic rings. The highest BCUT2D eigenvalue weighted by Crippen LogP contribution is 2.39. The lowest BCUT2D eigenvalue weighted by Crippen LogP contribution is -2.00. The fourth-order valence-electron chi connectivity index (χ4n) is 5.83. The minimum Gasteiger partial charge on any atom is -0.436 e. The average molecular weight is 609 g/mol. The quantitative estimate of drug-likeness (QED) is 0.194. The van der Waals surface area contributed by atoms with Gasteiger partial charge in [0.1, 0.15) is 5.52 Å². The number of hydrogen-bond donors (Lipinski definition) is 0. The molecule has 0 amide bonds. The fourth-order valence-corrected chi connectivity index (χ4v) is 6.93. The summed E-state index contributed by atoms with van der Waals surface area (Å²) in [5.41, 5.74) is 7.70. The van der Waals surface area contributed by atoms with Gasteiger partial charge in [0.2, 0.25) is 5.89 Å². The lowest BCUT2D eigenvalue weighted by atomic mass is 10.0. The molecule has 5 nitrogen and oxygen atoms in total. The van der Waals surface area contributed by atoms with E-state index in [2.05, 4.69) is 78.9 Å². The van der Waals surface area contributed by atoms with Gasteiger partial charge in [0.25, 0.3) is 0 Å². The summed E-state index contributed by atoms with van der Waals surface area (Å²) in [5, 5.41) is 2.26. The Bertz CT molecular complexity index is 2510. The SMILES string of the molecule is c1ccc(-c2ccc(-c3nc(-c4ccccc4)nc(-c4ccc5sc6cc7nc(-c8ccccc8)oc7cc6c5c4)n3)cc2)cc1. The fraction of sp³-hybridized carbons (Fsp3) is 0. The first kappa shape index (κ1) is 26.4. The largest absolute Gasteiger partial charge is 0.436 e. The van der Waals surface area contributed by atoms with Crippen molar-refractivity contribution in [2.75, 3.05) is 0 Å². The molecule has 46 heavy (non-hydrogen) atoms. The molecule has 0 radical (unpaired) electrons. The van der Waals surface area contributed by atoms with Crippen LogP contribution in [0.15, 0.2) is 150 Å². The minimum absolute atomic E-state index is 0.626. The average Bonchev–Trinajstić information content (AvgIpc) is 3.72. The van der Waals surface area contributed by atoms with Crippen molar-refractivity contribution >= 4 is 42.6 Å². The van der Waals surface area contributed by atoms with Gasteiger partial charge >= 0.3 is 0 Å². The van der Waals surface area contributed by atoms with Crippen molar-refractivity contribution in [2.45, 2.75) is 0 Å². The lowest BCUT2D eigenvalue weighted by molar-refractivity contribution is 0.620. The summed E-state index contributed by atoms with van der Waals surface area (Å²) in [6.45, 7) is 0. The Morgan fingerprint density at radius 1 is 0.391 bits per heavy atom. The Kier molecular flexibility index (Phi) is 6.25. The van der Waals surface area contributed by atoms with E-state index in [0.29, 0.717) is 23.4 Å². The minimum atomic E-state index is 0.626. The van der Waals surface area contributed by atoms with E-state index in [1.54, 1.807) is 11.3 Å². The van der Waals surface area contributed by atoms with Crippen LogP contribution >= 0.6 is 11.3 Å².